The number of para-hydroxylation sites is 1. The monoisotopic (exact) mass is 211 g/mol. The van der Waals surface area contributed by atoms with Crippen molar-refractivity contribution in [3.63, 3.8) is 0 Å². The maximum Gasteiger partial charge on any atom is 0.223 e. The van der Waals surface area contributed by atoms with Crippen molar-refractivity contribution in [1.29, 1.82) is 0 Å². The third kappa shape index (κ3) is 2.48. The highest BCUT2D eigenvalue weighted by atomic mass is 15.1. The van der Waals surface area contributed by atoms with Crippen LogP contribution in [0.4, 0.5) is 5.95 Å². The Bertz CT molecular complexity index is 537. The van der Waals surface area contributed by atoms with Crippen LogP contribution in [0.5, 0.6) is 0 Å². The summed E-state index contributed by atoms with van der Waals surface area (Å²) in [7, 11) is 0. The van der Waals surface area contributed by atoms with Crippen LogP contribution in [0.2, 0.25) is 0 Å². The van der Waals surface area contributed by atoms with Crippen LogP contribution in [0.25, 0.3) is 10.9 Å². The van der Waals surface area contributed by atoms with E-state index in [0.717, 1.165) is 23.9 Å². The zero-order valence-corrected chi connectivity index (χ0v) is 9.20. The van der Waals surface area contributed by atoms with Crippen molar-refractivity contribution in [2.24, 2.45) is 0 Å². The zero-order valence-electron chi connectivity index (χ0n) is 9.20. The number of hydrogen-bond acceptors (Lipinski definition) is 3. The molecule has 1 heterocycles. The van der Waals surface area contributed by atoms with E-state index in [1.54, 1.807) is 0 Å². The lowest BCUT2D eigenvalue weighted by Crippen LogP contribution is -2.04. The number of aromatic nitrogens is 2. The average Bonchev–Trinajstić information content (AvgIpc) is 2.34. The second-order valence-corrected chi connectivity index (χ2v) is 3.36. The summed E-state index contributed by atoms with van der Waals surface area (Å²) in [5.74, 6) is 6.50. The fourth-order valence-electron chi connectivity index (χ4n) is 1.42. The predicted molar refractivity (Wildman–Crippen MR) is 66.1 cm³/mol. The summed E-state index contributed by atoms with van der Waals surface area (Å²) in [4.78, 5) is 8.64. The molecule has 2 aromatic rings. The van der Waals surface area contributed by atoms with Gasteiger partial charge in [-0.3, -0.25) is 0 Å². The topological polar surface area (TPSA) is 37.8 Å². The van der Waals surface area contributed by atoms with Gasteiger partial charge in [-0.05, 0) is 13.0 Å². The SMILES string of the molecule is CC#CCCNc1ncc2ccccc2n1. The maximum absolute atomic E-state index is 4.40. The molecular formula is C13H13N3. The maximum atomic E-state index is 4.40. The molecule has 1 N–H and O–H groups in total. The van der Waals surface area contributed by atoms with Gasteiger partial charge in [0, 0.05) is 24.5 Å². The lowest BCUT2D eigenvalue weighted by Gasteiger charge is -2.03. The minimum Gasteiger partial charge on any atom is -0.353 e. The molecule has 3 nitrogen and oxygen atoms in total. The summed E-state index contributed by atoms with van der Waals surface area (Å²) in [6, 6.07) is 7.94. The van der Waals surface area contributed by atoms with Crippen LogP contribution in [0.3, 0.4) is 0 Å². The molecule has 0 fully saturated rings. The molecule has 0 aliphatic carbocycles. The Balaban J connectivity index is 2.09. The minimum absolute atomic E-state index is 0.664. The summed E-state index contributed by atoms with van der Waals surface area (Å²) in [5.41, 5.74) is 0.960. The Kier molecular flexibility index (Phi) is 3.35. The van der Waals surface area contributed by atoms with E-state index in [2.05, 4.69) is 27.1 Å². The summed E-state index contributed by atoms with van der Waals surface area (Å²) in [6.45, 7) is 2.62. The van der Waals surface area contributed by atoms with E-state index in [1.807, 2.05) is 37.4 Å². The van der Waals surface area contributed by atoms with E-state index in [0.29, 0.717) is 5.95 Å². The van der Waals surface area contributed by atoms with E-state index in [-0.39, 0.29) is 0 Å². The van der Waals surface area contributed by atoms with E-state index in [1.165, 1.54) is 0 Å². The first-order valence-corrected chi connectivity index (χ1v) is 5.25. The number of anilines is 1. The van der Waals surface area contributed by atoms with Crippen LogP contribution in [-0.2, 0) is 0 Å². The molecule has 2 rings (SSSR count). The van der Waals surface area contributed by atoms with E-state index >= 15 is 0 Å². The molecule has 0 saturated heterocycles. The fraction of sp³-hybridized carbons (Fsp3) is 0.231. The summed E-state index contributed by atoms with van der Waals surface area (Å²) >= 11 is 0. The molecule has 16 heavy (non-hydrogen) atoms. The van der Waals surface area contributed by atoms with Gasteiger partial charge in [-0.15, -0.1) is 11.8 Å². The van der Waals surface area contributed by atoms with Gasteiger partial charge >= 0.3 is 0 Å². The molecule has 0 bridgehead atoms. The molecule has 1 aromatic heterocycles. The molecule has 0 aliphatic heterocycles. The largest absolute Gasteiger partial charge is 0.353 e. The highest BCUT2D eigenvalue weighted by molar-refractivity contribution is 5.78. The molecule has 80 valence electrons. The minimum atomic E-state index is 0.664. The van der Waals surface area contributed by atoms with Crippen LogP contribution in [0, 0.1) is 11.8 Å². The Morgan fingerprint density at radius 2 is 2.19 bits per heavy atom. The number of rotatable bonds is 3. The third-order valence-corrected chi connectivity index (χ3v) is 2.20. The van der Waals surface area contributed by atoms with Crippen molar-refractivity contribution in [3.8, 4) is 11.8 Å². The molecule has 0 spiro atoms. The highest BCUT2D eigenvalue weighted by Gasteiger charge is 1.97. The standard InChI is InChI=1S/C13H13N3/c1-2-3-6-9-14-13-15-10-11-7-4-5-8-12(11)16-13/h4-5,7-8,10H,6,9H2,1H3,(H,14,15,16). The van der Waals surface area contributed by atoms with Gasteiger partial charge in [0.05, 0.1) is 5.52 Å². The average molecular weight is 211 g/mol. The lowest BCUT2D eigenvalue weighted by atomic mass is 10.2. The molecule has 0 saturated carbocycles. The number of fused-ring (bicyclic) bond motifs is 1. The Hall–Kier alpha value is -2.08. The van der Waals surface area contributed by atoms with E-state index in [9.17, 15) is 0 Å². The van der Waals surface area contributed by atoms with Gasteiger partial charge in [0.1, 0.15) is 0 Å². The van der Waals surface area contributed by atoms with Crippen molar-refractivity contribution in [2.45, 2.75) is 13.3 Å². The Labute approximate surface area is 94.9 Å². The quantitative estimate of drug-likeness (QED) is 0.626. The van der Waals surface area contributed by atoms with Crippen LogP contribution < -0.4 is 5.32 Å². The van der Waals surface area contributed by atoms with Gasteiger partial charge in [0.2, 0.25) is 5.95 Å². The number of hydrogen-bond donors (Lipinski definition) is 1. The number of nitrogens with one attached hydrogen (secondary N) is 1. The Morgan fingerprint density at radius 1 is 1.31 bits per heavy atom. The zero-order chi connectivity index (χ0) is 11.2. The van der Waals surface area contributed by atoms with Gasteiger partial charge in [-0.2, -0.15) is 0 Å². The highest BCUT2D eigenvalue weighted by Crippen LogP contribution is 2.11. The Morgan fingerprint density at radius 3 is 3.06 bits per heavy atom. The van der Waals surface area contributed by atoms with Gasteiger partial charge in [-0.25, -0.2) is 9.97 Å². The smallest absolute Gasteiger partial charge is 0.223 e. The molecular weight excluding hydrogens is 198 g/mol. The molecule has 0 unspecified atom stereocenters. The van der Waals surface area contributed by atoms with Crippen molar-refractivity contribution in [2.75, 3.05) is 11.9 Å². The molecule has 0 aliphatic rings. The van der Waals surface area contributed by atoms with Gasteiger partial charge < -0.3 is 5.32 Å². The van der Waals surface area contributed by atoms with Crippen LogP contribution in [0.1, 0.15) is 13.3 Å². The first-order chi connectivity index (χ1) is 7.90. The van der Waals surface area contributed by atoms with E-state index < -0.39 is 0 Å². The second-order valence-electron chi connectivity index (χ2n) is 3.36. The van der Waals surface area contributed by atoms with Crippen LogP contribution in [0.15, 0.2) is 30.5 Å². The first kappa shape index (κ1) is 10.4. The van der Waals surface area contributed by atoms with E-state index in [4.69, 9.17) is 0 Å². The van der Waals surface area contributed by atoms with Gasteiger partial charge in [0.15, 0.2) is 0 Å². The second kappa shape index (κ2) is 5.13. The van der Waals surface area contributed by atoms with Gasteiger partial charge in [-0.1, -0.05) is 18.2 Å². The normalized spacial score (nSPS) is 9.56. The molecule has 0 amide bonds. The van der Waals surface area contributed by atoms with Gasteiger partial charge in [0.25, 0.3) is 0 Å². The molecule has 1 aromatic carbocycles. The third-order valence-electron chi connectivity index (χ3n) is 2.20. The summed E-state index contributed by atoms with van der Waals surface area (Å²) in [6.07, 6.45) is 2.64. The summed E-state index contributed by atoms with van der Waals surface area (Å²) in [5, 5.41) is 4.20. The van der Waals surface area contributed by atoms with Crippen LogP contribution >= 0.6 is 0 Å². The summed E-state index contributed by atoms with van der Waals surface area (Å²) < 4.78 is 0. The van der Waals surface area contributed by atoms with Crippen molar-refractivity contribution < 1.29 is 0 Å². The predicted octanol–water partition coefficient (Wildman–Crippen LogP) is 2.46. The van der Waals surface area contributed by atoms with Crippen molar-refractivity contribution in [3.05, 3.63) is 30.5 Å². The van der Waals surface area contributed by atoms with Crippen LogP contribution in [-0.4, -0.2) is 16.5 Å². The molecule has 0 atom stereocenters. The fourth-order valence-corrected chi connectivity index (χ4v) is 1.42. The molecule has 3 heteroatoms. The number of nitrogens with zero attached hydrogens (tertiary/aromatic N) is 2. The van der Waals surface area contributed by atoms with Crippen molar-refractivity contribution >= 4 is 16.9 Å². The number of benzene rings is 1. The van der Waals surface area contributed by atoms with Crippen molar-refractivity contribution in [1.82, 2.24) is 9.97 Å². The molecule has 0 radical (unpaired) electrons. The lowest BCUT2D eigenvalue weighted by molar-refractivity contribution is 1.04. The first-order valence-electron chi connectivity index (χ1n) is 5.25.